The number of carbonyl (C=O) groups excluding carboxylic acids is 1. The summed E-state index contributed by atoms with van der Waals surface area (Å²) in [5.74, 6) is -0.0329. The molecule has 130 valence electrons. The van der Waals surface area contributed by atoms with Crippen LogP contribution in [0.15, 0.2) is 30.6 Å². The Kier molecular flexibility index (Phi) is 5.06. The van der Waals surface area contributed by atoms with Gasteiger partial charge in [0.05, 0.1) is 12.2 Å². The van der Waals surface area contributed by atoms with Gasteiger partial charge in [-0.1, -0.05) is 29.3 Å². The van der Waals surface area contributed by atoms with Crippen molar-refractivity contribution >= 4 is 35.1 Å². The zero-order chi connectivity index (χ0) is 18.0. The standard InChI is InChI=1S/C16H16Cl2N6O/c1-10-6-11(2)24(21-10)8-15(25)20-16-19-9-23(22-16)7-12-13(17)4-3-5-14(12)18/h3-6,9H,7-8H2,1-2H3,(H,20,22,25). The maximum Gasteiger partial charge on any atom is 0.248 e. The third kappa shape index (κ3) is 4.18. The first-order chi connectivity index (χ1) is 11.9. The smallest absolute Gasteiger partial charge is 0.248 e. The first-order valence-electron chi connectivity index (χ1n) is 7.55. The van der Waals surface area contributed by atoms with E-state index in [0.29, 0.717) is 16.6 Å². The molecule has 0 saturated carbocycles. The molecule has 3 rings (SSSR count). The van der Waals surface area contributed by atoms with Gasteiger partial charge in [0.1, 0.15) is 12.9 Å². The minimum Gasteiger partial charge on any atom is -0.292 e. The van der Waals surface area contributed by atoms with Crippen LogP contribution in [-0.4, -0.2) is 30.5 Å². The topological polar surface area (TPSA) is 77.6 Å². The molecule has 0 unspecified atom stereocenters. The van der Waals surface area contributed by atoms with Crippen molar-refractivity contribution in [3.8, 4) is 0 Å². The van der Waals surface area contributed by atoms with Crippen LogP contribution in [-0.2, 0) is 17.9 Å². The van der Waals surface area contributed by atoms with Crippen LogP contribution in [0.2, 0.25) is 10.0 Å². The molecule has 25 heavy (non-hydrogen) atoms. The number of aromatic nitrogens is 5. The van der Waals surface area contributed by atoms with Crippen LogP contribution in [0.3, 0.4) is 0 Å². The van der Waals surface area contributed by atoms with Gasteiger partial charge in [0.2, 0.25) is 11.9 Å². The summed E-state index contributed by atoms with van der Waals surface area (Å²) in [4.78, 5) is 16.2. The van der Waals surface area contributed by atoms with E-state index in [1.54, 1.807) is 27.6 Å². The van der Waals surface area contributed by atoms with Crippen molar-refractivity contribution in [3.63, 3.8) is 0 Å². The molecule has 2 heterocycles. The van der Waals surface area contributed by atoms with Crippen LogP contribution in [0.4, 0.5) is 5.95 Å². The van der Waals surface area contributed by atoms with E-state index >= 15 is 0 Å². The van der Waals surface area contributed by atoms with Gasteiger partial charge < -0.3 is 0 Å². The zero-order valence-electron chi connectivity index (χ0n) is 13.7. The molecule has 0 aliphatic rings. The van der Waals surface area contributed by atoms with E-state index in [1.807, 2.05) is 19.9 Å². The van der Waals surface area contributed by atoms with Crippen LogP contribution < -0.4 is 5.32 Å². The molecule has 1 amide bonds. The van der Waals surface area contributed by atoms with Gasteiger partial charge in [0.15, 0.2) is 0 Å². The molecular formula is C16H16Cl2N6O. The van der Waals surface area contributed by atoms with Gasteiger partial charge in [-0.2, -0.15) is 5.10 Å². The normalized spacial score (nSPS) is 10.9. The molecular weight excluding hydrogens is 363 g/mol. The Balaban J connectivity index is 1.65. The first kappa shape index (κ1) is 17.4. The maximum absolute atomic E-state index is 12.1. The van der Waals surface area contributed by atoms with Gasteiger partial charge in [-0.05, 0) is 32.0 Å². The summed E-state index contributed by atoms with van der Waals surface area (Å²) in [5, 5.41) is 12.2. The molecule has 3 aromatic rings. The van der Waals surface area contributed by atoms with E-state index in [-0.39, 0.29) is 18.4 Å². The van der Waals surface area contributed by atoms with Gasteiger partial charge in [-0.15, -0.1) is 5.10 Å². The number of benzene rings is 1. The summed E-state index contributed by atoms with van der Waals surface area (Å²) in [6.45, 7) is 4.24. The fourth-order valence-electron chi connectivity index (χ4n) is 2.41. The third-order valence-electron chi connectivity index (χ3n) is 3.57. The Morgan fingerprint density at radius 2 is 1.92 bits per heavy atom. The van der Waals surface area contributed by atoms with Gasteiger partial charge in [0, 0.05) is 21.3 Å². The number of nitrogens with zero attached hydrogens (tertiary/aromatic N) is 5. The Hall–Kier alpha value is -2.38. The average Bonchev–Trinajstić information content (AvgIpc) is 3.09. The minimum absolute atomic E-state index is 0.102. The summed E-state index contributed by atoms with van der Waals surface area (Å²) >= 11 is 12.3. The van der Waals surface area contributed by atoms with Crippen molar-refractivity contribution in [2.45, 2.75) is 26.9 Å². The Labute approximate surface area is 154 Å². The maximum atomic E-state index is 12.1. The highest BCUT2D eigenvalue weighted by atomic mass is 35.5. The molecule has 1 aromatic carbocycles. The minimum atomic E-state index is -0.250. The summed E-state index contributed by atoms with van der Waals surface area (Å²) in [5.41, 5.74) is 2.53. The van der Waals surface area contributed by atoms with Crippen molar-refractivity contribution in [3.05, 3.63) is 57.6 Å². The highest BCUT2D eigenvalue weighted by molar-refractivity contribution is 6.35. The molecule has 0 aliphatic heterocycles. The van der Waals surface area contributed by atoms with Gasteiger partial charge in [-0.25, -0.2) is 9.67 Å². The quantitative estimate of drug-likeness (QED) is 0.739. The van der Waals surface area contributed by atoms with E-state index in [1.165, 1.54) is 6.33 Å². The molecule has 0 radical (unpaired) electrons. The van der Waals surface area contributed by atoms with E-state index in [0.717, 1.165) is 17.0 Å². The van der Waals surface area contributed by atoms with Crippen molar-refractivity contribution in [2.75, 3.05) is 5.32 Å². The Morgan fingerprint density at radius 3 is 2.56 bits per heavy atom. The monoisotopic (exact) mass is 378 g/mol. The van der Waals surface area contributed by atoms with E-state index < -0.39 is 0 Å². The molecule has 0 atom stereocenters. The number of halogens is 2. The summed E-state index contributed by atoms with van der Waals surface area (Å²) in [7, 11) is 0. The van der Waals surface area contributed by atoms with E-state index in [9.17, 15) is 4.79 Å². The van der Waals surface area contributed by atoms with Gasteiger partial charge in [0.25, 0.3) is 0 Å². The van der Waals surface area contributed by atoms with Crippen molar-refractivity contribution in [2.24, 2.45) is 0 Å². The fourth-order valence-corrected chi connectivity index (χ4v) is 2.93. The summed E-state index contributed by atoms with van der Waals surface area (Å²) < 4.78 is 3.19. The number of hydrogen-bond donors (Lipinski definition) is 1. The van der Waals surface area contributed by atoms with Gasteiger partial charge in [-0.3, -0.25) is 14.8 Å². The molecule has 2 aromatic heterocycles. The number of hydrogen-bond acceptors (Lipinski definition) is 4. The number of rotatable bonds is 5. The number of nitrogens with one attached hydrogen (secondary N) is 1. The van der Waals surface area contributed by atoms with Crippen LogP contribution in [0.25, 0.3) is 0 Å². The largest absolute Gasteiger partial charge is 0.292 e. The molecule has 0 aliphatic carbocycles. The number of carbonyl (C=O) groups is 1. The van der Waals surface area contributed by atoms with Crippen LogP contribution in [0, 0.1) is 13.8 Å². The van der Waals surface area contributed by atoms with Crippen molar-refractivity contribution < 1.29 is 4.79 Å². The number of aryl methyl sites for hydroxylation is 2. The molecule has 0 saturated heterocycles. The molecule has 7 nitrogen and oxygen atoms in total. The predicted octanol–water partition coefficient (Wildman–Crippen LogP) is 3.09. The first-order valence-corrected chi connectivity index (χ1v) is 8.31. The second kappa shape index (κ2) is 7.25. The summed E-state index contributed by atoms with van der Waals surface area (Å²) in [6, 6.07) is 7.21. The zero-order valence-corrected chi connectivity index (χ0v) is 15.2. The van der Waals surface area contributed by atoms with Crippen molar-refractivity contribution in [1.82, 2.24) is 24.5 Å². The Bertz CT molecular complexity index is 897. The second-order valence-corrected chi connectivity index (χ2v) is 6.41. The SMILES string of the molecule is Cc1cc(C)n(CC(=O)Nc2ncn(Cc3c(Cl)cccc3Cl)n2)n1. The fraction of sp³-hybridized carbons (Fsp3) is 0.250. The van der Waals surface area contributed by atoms with E-state index in [2.05, 4.69) is 20.5 Å². The molecule has 1 N–H and O–H groups in total. The second-order valence-electron chi connectivity index (χ2n) is 5.60. The highest BCUT2D eigenvalue weighted by Crippen LogP contribution is 2.24. The predicted molar refractivity (Wildman–Crippen MR) is 95.9 cm³/mol. The van der Waals surface area contributed by atoms with Gasteiger partial charge >= 0.3 is 0 Å². The Morgan fingerprint density at radius 1 is 1.20 bits per heavy atom. The highest BCUT2D eigenvalue weighted by Gasteiger charge is 2.11. The van der Waals surface area contributed by atoms with Crippen LogP contribution in [0.1, 0.15) is 17.0 Å². The molecule has 0 bridgehead atoms. The van der Waals surface area contributed by atoms with E-state index in [4.69, 9.17) is 23.2 Å². The molecule has 0 fully saturated rings. The third-order valence-corrected chi connectivity index (χ3v) is 4.27. The average molecular weight is 379 g/mol. The van der Waals surface area contributed by atoms with Crippen LogP contribution >= 0.6 is 23.2 Å². The number of anilines is 1. The van der Waals surface area contributed by atoms with Crippen LogP contribution in [0.5, 0.6) is 0 Å². The summed E-state index contributed by atoms with van der Waals surface area (Å²) in [6.07, 6.45) is 1.51. The lowest BCUT2D eigenvalue weighted by atomic mass is 10.2. The number of amides is 1. The molecule has 0 spiro atoms. The lowest BCUT2D eigenvalue weighted by molar-refractivity contribution is -0.117. The lowest BCUT2D eigenvalue weighted by Crippen LogP contribution is -2.21. The van der Waals surface area contributed by atoms with Crippen molar-refractivity contribution in [1.29, 1.82) is 0 Å². The lowest BCUT2D eigenvalue weighted by Gasteiger charge is -2.06. The molecule has 9 heteroatoms.